The second kappa shape index (κ2) is 9.16. The van der Waals surface area contributed by atoms with E-state index in [1.54, 1.807) is 0 Å². The first-order valence-corrected chi connectivity index (χ1v) is 13.6. The predicted octanol–water partition coefficient (Wildman–Crippen LogP) is 4.46. The van der Waals surface area contributed by atoms with Gasteiger partial charge in [-0.05, 0) is 65.8 Å². The fourth-order valence-electron chi connectivity index (χ4n) is 5.00. The number of hydrogen-bond donors (Lipinski definition) is 1. The molecule has 0 saturated carbocycles. The number of aromatic amines is 1. The number of benzene rings is 1. The normalized spacial score (nSPS) is 19.8. The average Bonchev–Trinajstić information content (AvgIpc) is 3.29. The van der Waals surface area contributed by atoms with Gasteiger partial charge >= 0.3 is 0 Å². The minimum absolute atomic E-state index is 0.156. The number of allylic oxidation sites excluding steroid dienone is 2. The van der Waals surface area contributed by atoms with Crippen LogP contribution in [-0.2, 0) is 25.7 Å². The molecule has 1 saturated heterocycles. The minimum atomic E-state index is -3.39. The lowest BCUT2D eigenvalue weighted by Crippen LogP contribution is -2.40. The van der Waals surface area contributed by atoms with E-state index in [0.717, 1.165) is 36.0 Å². The van der Waals surface area contributed by atoms with Gasteiger partial charge in [-0.3, -0.25) is 4.79 Å². The molecular weight excluding hydrogens is 448 g/mol. The number of terminal acetylenes is 1. The summed E-state index contributed by atoms with van der Waals surface area (Å²) in [6.07, 6.45) is 14.3. The first-order valence-electron chi connectivity index (χ1n) is 11.7. The van der Waals surface area contributed by atoms with E-state index >= 15 is 0 Å². The molecule has 1 aromatic heterocycles. The molecule has 0 unspecified atom stereocenters. The molecule has 34 heavy (non-hydrogen) atoms. The monoisotopic (exact) mass is 480 g/mol. The SMILES string of the molecule is C#Cc1cnc(C(=O)Cc2ccc(C3(S(C)(=O)=O)CCOCC3)cc2C2=CCC(C)(C)CC2)[nH]1. The molecule has 7 heteroatoms. The highest BCUT2D eigenvalue weighted by molar-refractivity contribution is 7.91. The number of carbonyl (C=O) groups excluding carboxylic acids is 1. The van der Waals surface area contributed by atoms with Gasteiger partial charge in [-0.2, -0.15) is 0 Å². The van der Waals surface area contributed by atoms with Crippen LogP contribution in [0.4, 0.5) is 0 Å². The molecule has 1 aliphatic carbocycles. The Morgan fingerprint density at radius 1 is 1.24 bits per heavy atom. The van der Waals surface area contributed by atoms with Gasteiger partial charge in [0.25, 0.3) is 0 Å². The summed E-state index contributed by atoms with van der Waals surface area (Å²) >= 11 is 0. The predicted molar refractivity (Wildman–Crippen MR) is 133 cm³/mol. The van der Waals surface area contributed by atoms with Crippen LogP contribution in [0.15, 0.2) is 30.5 Å². The zero-order chi connectivity index (χ0) is 24.6. The van der Waals surface area contributed by atoms with Crippen molar-refractivity contribution in [1.29, 1.82) is 0 Å². The molecule has 0 spiro atoms. The van der Waals surface area contributed by atoms with Gasteiger partial charge in [0, 0.05) is 25.9 Å². The largest absolute Gasteiger partial charge is 0.381 e. The Bertz CT molecular complexity index is 1270. The molecule has 0 amide bonds. The number of nitrogens with zero attached hydrogens (tertiary/aromatic N) is 1. The van der Waals surface area contributed by atoms with E-state index in [2.05, 4.69) is 35.8 Å². The summed E-state index contributed by atoms with van der Waals surface area (Å²) in [5.41, 5.74) is 4.47. The fourth-order valence-corrected chi connectivity index (χ4v) is 6.47. The first kappa shape index (κ1) is 24.4. The highest BCUT2D eigenvalue weighted by atomic mass is 32.2. The maximum Gasteiger partial charge on any atom is 0.202 e. The number of ketones is 1. The molecule has 1 aromatic carbocycles. The molecule has 1 N–H and O–H groups in total. The zero-order valence-corrected chi connectivity index (χ0v) is 20.9. The van der Waals surface area contributed by atoms with Crippen LogP contribution in [0, 0.1) is 17.8 Å². The summed E-state index contributed by atoms with van der Waals surface area (Å²) in [4.78, 5) is 20.0. The molecule has 2 aliphatic rings. The van der Waals surface area contributed by atoms with Crippen LogP contribution in [0.3, 0.4) is 0 Å². The van der Waals surface area contributed by atoms with Crippen LogP contribution in [0.5, 0.6) is 0 Å². The standard InChI is InChI=1S/C27H32N2O4S/c1-5-22-18-28-25(29-22)24(30)16-20-6-7-21(27(34(4,31)32)12-14-33-15-13-27)17-23(20)19-8-10-26(2,3)11-9-19/h1,6-8,17-18H,9-16H2,2-4H3,(H,28,29). The van der Waals surface area contributed by atoms with Gasteiger partial charge in [0.15, 0.2) is 15.7 Å². The van der Waals surface area contributed by atoms with Crippen LogP contribution in [-0.4, -0.2) is 43.6 Å². The number of nitrogens with one attached hydrogen (secondary N) is 1. The highest BCUT2D eigenvalue weighted by Crippen LogP contribution is 2.43. The summed E-state index contributed by atoms with van der Waals surface area (Å²) in [5, 5.41) is 0. The fraction of sp³-hybridized carbons (Fsp3) is 0.481. The Hall–Kier alpha value is -2.69. The summed E-state index contributed by atoms with van der Waals surface area (Å²) < 4.78 is 30.5. The Kier molecular flexibility index (Phi) is 6.58. The van der Waals surface area contributed by atoms with Crippen molar-refractivity contribution in [2.75, 3.05) is 19.5 Å². The van der Waals surface area contributed by atoms with Gasteiger partial charge in [-0.25, -0.2) is 13.4 Å². The summed E-state index contributed by atoms with van der Waals surface area (Å²) in [5.74, 6) is 2.53. The van der Waals surface area contributed by atoms with Crippen molar-refractivity contribution in [1.82, 2.24) is 9.97 Å². The first-order chi connectivity index (χ1) is 16.0. The Labute approximate surface area is 202 Å². The van der Waals surface area contributed by atoms with Crippen LogP contribution < -0.4 is 0 Å². The molecule has 0 bridgehead atoms. The van der Waals surface area contributed by atoms with E-state index in [4.69, 9.17) is 11.2 Å². The number of imidazole rings is 1. The molecule has 1 fully saturated rings. The van der Waals surface area contributed by atoms with Crippen molar-refractivity contribution in [2.24, 2.45) is 5.41 Å². The van der Waals surface area contributed by atoms with E-state index in [1.165, 1.54) is 18.0 Å². The molecule has 180 valence electrons. The van der Waals surface area contributed by atoms with Gasteiger partial charge in [-0.1, -0.05) is 38.0 Å². The smallest absolute Gasteiger partial charge is 0.202 e. The zero-order valence-electron chi connectivity index (χ0n) is 20.1. The van der Waals surface area contributed by atoms with E-state index in [9.17, 15) is 13.2 Å². The topological polar surface area (TPSA) is 89.1 Å². The van der Waals surface area contributed by atoms with Gasteiger partial charge in [-0.15, -0.1) is 6.42 Å². The lowest BCUT2D eigenvalue weighted by Gasteiger charge is -2.37. The molecule has 2 heterocycles. The maximum atomic E-state index is 13.0. The third-order valence-corrected chi connectivity index (χ3v) is 9.37. The van der Waals surface area contributed by atoms with E-state index < -0.39 is 14.6 Å². The lowest BCUT2D eigenvalue weighted by atomic mass is 9.75. The quantitative estimate of drug-likeness (QED) is 0.487. The van der Waals surface area contributed by atoms with Crippen molar-refractivity contribution in [3.8, 4) is 12.3 Å². The molecular formula is C27H32N2O4S. The van der Waals surface area contributed by atoms with Crippen LogP contribution in [0.25, 0.3) is 5.57 Å². The van der Waals surface area contributed by atoms with Gasteiger partial charge < -0.3 is 9.72 Å². The second-order valence-electron chi connectivity index (χ2n) is 10.2. The number of carbonyl (C=O) groups is 1. The van der Waals surface area contributed by atoms with Crippen molar-refractivity contribution < 1.29 is 17.9 Å². The highest BCUT2D eigenvalue weighted by Gasteiger charge is 2.44. The third-order valence-electron chi connectivity index (χ3n) is 7.31. The number of hydrogen-bond acceptors (Lipinski definition) is 5. The lowest BCUT2D eigenvalue weighted by molar-refractivity contribution is 0.0742. The number of sulfone groups is 1. The Morgan fingerprint density at radius 3 is 2.56 bits per heavy atom. The third kappa shape index (κ3) is 4.75. The van der Waals surface area contributed by atoms with E-state index in [0.29, 0.717) is 31.7 Å². The van der Waals surface area contributed by atoms with Crippen molar-refractivity contribution >= 4 is 21.2 Å². The Balaban J connectivity index is 1.78. The van der Waals surface area contributed by atoms with Crippen molar-refractivity contribution in [2.45, 2.75) is 57.1 Å². The molecule has 6 nitrogen and oxygen atoms in total. The summed E-state index contributed by atoms with van der Waals surface area (Å²) in [6, 6.07) is 5.80. The van der Waals surface area contributed by atoms with Crippen molar-refractivity contribution in [3.63, 3.8) is 0 Å². The van der Waals surface area contributed by atoms with Crippen LogP contribution in [0.2, 0.25) is 0 Å². The minimum Gasteiger partial charge on any atom is -0.381 e. The van der Waals surface area contributed by atoms with Crippen LogP contribution in [0.1, 0.15) is 79.0 Å². The maximum absolute atomic E-state index is 13.0. The molecule has 1 aliphatic heterocycles. The number of Topliss-reactive ketones (excluding diaryl/α,β-unsaturated/α-hetero) is 1. The van der Waals surface area contributed by atoms with Gasteiger partial charge in [0.1, 0.15) is 10.4 Å². The average molecular weight is 481 g/mol. The van der Waals surface area contributed by atoms with Crippen LogP contribution >= 0.6 is 0 Å². The number of ether oxygens (including phenoxy) is 1. The van der Waals surface area contributed by atoms with Crippen molar-refractivity contribution in [3.05, 3.63) is 58.7 Å². The molecule has 0 atom stereocenters. The molecule has 2 aromatic rings. The molecule has 4 rings (SSSR count). The van der Waals surface area contributed by atoms with Gasteiger partial charge in [0.05, 0.1) is 6.20 Å². The van der Waals surface area contributed by atoms with E-state index in [1.807, 2.05) is 18.2 Å². The number of rotatable bonds is 6. The number of aromatic nitrogens is 2. The summed E-state index contributed by atoms with van der Waals surface area (Å²) in [7, 11) is -3.39. The second-order valence-corrected chi connectivity index (χ2v) is 12.6. The van der Waals surface area contributed by atoms with E-state index in [-0.39, 0.29) is 23.4 Å². The van der Waals surface area contributed by atoms with Gasteiger partial charge in [0.2, 0.25) is 5.78 Å². The Morgan fingerprint density at radius 2 is 1.97 bits per heavy atom. The summed E-state index contributed by atoms with van der Waals surface area (Å²) in [6.45, 7) is 5.33. The molecule has 0 radical (unpaired) electrons. The number of H-pyrrole nitrogens is 1.